The summed E-state index contributed by atoms with van der Waals surface area (Å²) in [6, 6.07) is -0.757. The number of nitrogens with one attached hydrogen (secondary N) is 1. The summed E-state index contributed by atoms with van der Waals surface area (Å²) in [4.78, 5) is 23.3. The van der Waals surface area contributed by atoms with Gasteiger partial charge in [-0.05, 0) is 51.4 Å². The van der Waals surface area contributed by atoms with Gasteiger partial charge in [-0.2, -0.15) is 0 Å². The quantitative estimate of drug-likeness (QED) is 0.0243. The van der Waals surface area contributed by atoms with E-state index < -0.39 is 20.0 Å². The van der Waals surface area contributed by atoms with Crippen molar-refractivity contribution in [3.05, 3.63) is 48.6 Å². The maximum absolute atomic E-state index is 13.0. The number of quaternary nitrogens is 1. The monoisotopic (exact) mass is 978 g/mol. The van der Waals surface area contributed by atoms with Gasteiger partial charge in [0.05, 0.1) is 39.9 Å². The molecule has 3 N–H and O–H groups in total. The fourth-order valence-corrected chi connectivity index (χ4v) is 9.31. The van der Waals surface area contributed by atoms with Crippen LogP contribution in [-0.2, 0) is 18.4 Å². The third kappa shape index (κ3) is 52.3. The second kappa shape index (κ2) is 50.4. The van der Waals surface area contributed by atoms with E-state index >= 15 is 0 Å². The molecule has 400 valence electrons. The molecule has 0 aliphatic heterocycles. The average molecular weight is 979 g/mol. The number of phosphoric ester groups is 1. The van der Waals surface area contributed by atoms with Gasteiger partial charge in [0.1, 0.15) is 13.2 Å². The Morgan fingerprint density at radius 2 is 0.882 bits per heavy atom. The summed E-state index contributed by atoms with van der Waals surface area (Å²) in [7, 11) is 1.62. The molecule has 0 bridgehead atoms. The van der Waals surface area contributed by atoms with E-state index in [4.69, 9.17) is 9.05 Å². The number of unbranched alkanes of at least 4 members (excludes halogenated alkanes) is 32. The number of nitrogens with zero attached hydrogens (tertiary/aromatic N) is 1. The van der Waals surface area contributed by atoms with Crippen LogP contribution < -0.4 is 5.32 Å². The lowest BCUT2D eigenvalue weighted by atomic mass is 10.0. The van der Waals surface area contributed by atoms with Crippen molar-refractivity contribution in [2.24, 2.45) is 0 Å². The second-order valence-electron chi connectivity index (χ2n) is 21.0. The summed E-state index contributed by atoms with van der Waals surface area (Å²) in [6.45, 7) is 4.78. The van der Waals surface area contributed by atoms with Gasteiger partial charge in [0, 0.05) is 6.42 Å². The zero-order valence-electron chi connectivity index (χ0n) is 45.6. The summed E-state index contributed by atoms with van der Waals surface area (Å²) in [5.74, 6) is -0.142. The van der Waals surface area contributed by atoms with Crippen molar-refractivity contribution in [1.29, 1.82) is 0 Å². The van der Waals surface area contributed by atoms with Gasteiger partial charge in [-0.3, -0.25) is 13.8 Å². The van der Waals surface area contributed by atoms with Gasteiger partial charge < -0.3 is 19.8 Å². The van der Waals surface area contributed by atoms with Gasteiger partial charge in [0.25, 0.3) is 0 Å². The third-order valence-electron chi connectivity index (χ3n) is 13.1. The largest absolute Gasteiger partial charge is 0.472 e. The molecule has 3 unspecified atom stereocenters. The molecular formula is C59H114N2O6P+. The van der Waals surface area contributed by atoms with Crippen LogP contribution in [0.5, 0.6) is 0 Å². The van der Waals surface area contributed by atoms with Crippen molar-refractivity contribution in [1.82, 2.24) is 5.32 Å². The van der Waals surface area contributed by atoms with Crippen molar-refractivity contribution in [3.63, 3.8) is 0 Å². The minimum atomic E-state index is -4.31. The summed E-state index contributed by atoms with van der Waals surface area (Å²) in [5, 5.41) is 14.0. The number of phosphoric acid groups is 1. The van der Waals surface area contributed by atoms with Crippen LogP contribution in [0.4, 0.5) is 0 Å². The van der Waals surface area contributed by atoms with Crippen LogP contribution in [0.1, 0.15) is 271 Å². The fourth-order valence-electron chi connectivity index (χ4n) is 8.57. The maximum atomic E-state index is 13.0. The molecule has 0 saturated carbocycles. The first-order chi connectivity index (χ1) is 33.0. The number of allylic oxidation sites excluding steroid dienone is 8. The van der Waals surface area contributed by atoms with Gasteiger partial charge in [0.2, 0.25) is 5.91 Å². The van der Waals surface area contributed by atoms with Crippen LogP contribution in [0, 0.1) is 0 Å². The van der Waals surface area contributed by atoms with E-state index in [1.54, 1.807) is 0 Å². The highest BCUT2D eigenvalue weighted by Crippen LogP contribution is 2.43. The first-order valence-corrected chi connectivity index (χ1v) is 30.5. The fraction of sp³-hybridized carbons (Fsp3) is 0.847. The van der Waals surface area contributed by atoms with Crippen LogP contribution in [0.15, 0.2) is 48.6 Å². The Balaban J connectivity index is 3.90. The van der Waals surface area contributed by atoms with E-state index in [0.29, 0.717) is 23.9 Å². The Morgan fingerprint density at radius 1 is 0.515 bits per heavy atom. The Morgan fingerprint density at radius 3 is 1.29 bits per heavy atom. The third-order valence-corrected chi connectivity index (χ3v) is 14.1. The molecule has 68 heavy (non-hydrogen) atoms. The lowest BCUT2D eigenvalue weighted by Gasteiger charge is -2.26. The summed E-state index contributed by atoms with van der Waals surface area (Å²) < 4.78 is 23.7. The molecule has 0 aromatic heterocycles. The second-order valence-corrected chi connectivity index (χ2v) is 22.4. The molecule has 9 heteroatoms. The smallest absolute Gasteiger partial charge is 0.391 e. The zero-order valence-corrected chi connectivity index (χ0v) is 46.5. The molecule has 0 radical (unpaired) electrons. The average Bonchev–Trinajstić information content (AvgIpc) is 3.30. The predicted octanol–water partition coefficient (Wildman–Crippen LogP) is 17.5. The van der Waals surface area contributed by atoms with Crippen LogP contribution in [0.2, 0.25) is 0 Å². The van der Waals surface area contributed by atoms with E-state index in [1.165, 1.54) is 180 Å². The molecule has 3 atom stereocenters. The van der Waals surface area contributed by atoms with Crippen LogP contribution in [-0.4, -0.2) is 73.4 Å². The van der Waals surface area contributed by atoms with E-state index in [9.17, 15) is 19.4 Å². The number of hydrogen-bond donors (Lipinski definition) is 3. The molecule has 1 amide bonds. The summed E-state index contributed by atoms with van der Waals surface area (Å²) >= 11 is 0. The van der Waals surface area contributed by atoms with E-state index in [0.717, 1.165) is 64.2 Å². The predicted molar refractivity (Wildman–Crippen MR) is 295 cm³/mol. The minimum absolute atomic E-state index is 0.0759. The number of carbonyl (C=O) groups excluding carboxylic acids is 1. The molecule has 0 heterocycles. The number of carbonyl (C=O) groups is 1. The first kappa shape index (κ1) is 66.5. The Hall–Kier alpha value is -1.54. The molecule has 0 aromatic carbocycles. The molecule has 0 spiro atoms. The zero-order chi connectivity index (χ0) is 49.9. The summed E-state index contributed by atoms with van der Waals surface area (Å²) in [6.07, 6.45) is 66.2. The first-order valence-electron chi connectivity index (χ1n) is 29.0. The molecule has 0 saturated heterocycles. The van der Waals surface area contributed by atoms with Crippen molar-refractivity contribution in [2.45, 2.75) is 283 Å². The molecule has 0 aliphatic rings. The van der Waals surface area contributed by atoms with Gasteiger partial charge in [-0.15, -0.1) is 0 Å². The number of amides is 1. The van der Waals surface area contributed by atoms with Crippen molar-refractivity contribution in [3.8, 4) is 0 Å². The topological polar surface area (TPSA) is 105 Å². The number of aliphatic hydroxyl groups excluding tert-OH is 1. The Bertz CT molecular complexity index is 1250. The highest BCUT2D eigenvalue weighted by atomic mass is 31.2. The number of aliphatic hydroxyl groups is 1. The molecule has 0 aliphatic carbocycles. The molecule has 8 nitrogen and oxygen atoms in total. The van der Waals surface area contributed by atoms with E-state index in [-0.39, 0.29) is 19.1 Å². The van der Waals surface area contributed by atoms with Gasteiger partial charge in [0.15, 0.2) is 0 Å². The standard InChI is InChI=1S/C59H113N2O6P/c1-6-8-10-12-14-16-18-19-20-21-22-23-24-25-26-27-28-29-30-31-32-33-34-35-36-37-38-39-40-41-43-45-47-49-51-53-59(63)60-57(56-67-68(64,65)66-55-54-61(3,4)5)58(62)52-50-48-46-44-42-17-15-13-11-9-7-2/h8,10,14,16,19-20,22-23,57-58,62H,6-7,9,11-13,15,17-18,21,24-56H2,1-5H3,(H-,60,63,64,65)/p+1/b10-8-,16-14-,20-19-,23-22-. The minimum Gasteiger partial charge on any atom is -0.391 e. The van der Waals surface area contributed by atoms with Gasteiger partial charge in [-0.1, -0.05) is 262 Å². The van der Waals surface area contributed by atoms with Crippen LogP contribution >= 0.6 is 7.82 Å². The number of rotatable bonds is 53. The highest BCUT2D eigenvalue weighted by Gasteiger charge is 2.28. The SMILES string of the molecule is CC/C=C\C/C=C\C/C=C\C/C=C\CCCCCCCCCCCCCCCCCCCCCCCCC(=O)NC(COP(=O)(O)OCC[N+](C)(C)C)C(O)CCCCCCCCCCCCC. The van der Waals surface area contributed by atoms with E-state index in [2.05, 4.69) is 67.8 Å². The van der Waals surface area contributed by atoms with E-state index in [1.807, 2.05) is 21.1 Å². The van der Waals surface area contributed by atoms with Gasteiger partial charge >= 0.3 is 7.82 Å². The Kier molecular flexibility index (Phi) is 49.3. The molecule has 0 fully saturated rings. The lowest BCUT2D eigenvalue weighted by molar-refractivity contribution is -0.870. The lowest BCUT2D eigenvalue weighted by Crippen LogP contribution is -2.46. The maximum Gasteiger partial charge on any atom is 0.472 e. The van der Waals surface area contributed by atoms with Crippen molar-refractivity contribution in [2.75, 3.05) is 40.9 Å². The van der Waals surface area contributed by atoms with Crippen LogP contribution in [0.3, 0.4) is 0 Å². The van der Waals surface area contributed by atoms with Crippen LogP contribution in [0.25, 0.3) is 0 Å². The summed E-state index contributed by atoms with van der Waals surface area (Å²) in [5.41, 5.74) is 0. The normalized spacial score (nSPS) is 14.3. The van der Waals surface area contributed by atoms with Crippen molar-refractivity contribution >= 4 is 13.7 Å². The molecule has 0 aromatic rings. The Labute approximate surface area is 422 Å². The van der Waals surface area contributed by atoms with Gasteiger partial charge in [-0.25, -0.2) is 4.57 Å². The molecule has 0 rings (SSSR count). The number of hydrogen-bond acceptors (Lipinski definition) is 5. The molecular weight excluding hydrogens is 864 g/mol. The van der Waals surface area contributed by atoms with Crippen molar-refractivity contribution < 1.29 is 32.9 Å². The highest BCUT2D eigenvalue weighted by molar-refractivity contribution is 7.47. The number of likely N-dealkylation sites (N-methyl/N-ethyl adjacent to an activating group) is 1.